The minimum atomic E-state index is -0.291. The molecule has 0 aliphatic rings. The second-order valence-corrected chi connectivity index (χ2v) is 6.27. The standard InChI is InChI=1S/C19H18N6O2/c1-22(11-15-10-20-24(12-15)16-6-3-2-4-7-16)18(26)13-25-19(27)17-8-5-9-23(17)14-21-25/h2-10,12,14H,11,13H2,1H3. The Bertz CT molecular complexity index is 1140. The molecule has 0 N–H and O–H groups in total. The van der Waals surface area contributed by atoms with E-state index in [-0.39, 0.29) is 18.0 Å². The molecule has 4 aromatic rings. The van der Waals surface area contributed by atoms with Crippen LogP contribution in [0.5, 0.6) is 0 Å². The van der Waals surface area contributed by atoms with Crippen LogP contribution in [0.15, 0.2) is 72.2 Å². The summed E-state index contributed by atoms with van der Waals surface area (Å²) in [6.45, 7) is 0.289. The Balaban J connectivity index is 1.45. The third kappa shape index (κ3) is 3.37. The van der Waals surface area contributed by atoms with Crippen LogP contribution in [0, 0.1) is 0 Å². The number of amides is 1. The molecule has 27 heavy (non-hydrogen) atoms. The Hall–Kier alpha value is -3.68. The molecule has 136 valence electrons. The maximum Gasteiger partial charge on any atom is 0.291 e. The Morgan fingerprint density at radius 1 is 1.11 bits per heavy atom. The van der Waals surface area contributed by atoms with E-state index in [9.17, 15) is 9.59 Å². The van der Waals surface area contributed by atoms with Gasteiger partial charge in [-0.3, -0.25) is 9.59 Å². The summed E-state index contributed by atoms with van der Waals surface area (Å²) in [6, 6.07) is 13.2. The number of carbonyl (C=O) groups is 1. The van der Waals surface area contributed by atoms with E-state index in [1.807, 2.05) is 36.5 Å². The Morgan fingerprint density at radius 2 is 1.93 bits per heavy atom. The van der Waals surface area contributed by atoms with Gasteiger partial charge in [0.1, 0.15) is 18.4 Å². The van der Waals surface area contributed by atoms with Crippen molar-refractivity contribution >= 4 is 11.4 Å². The molecule has 0 atom stereocenters. The Morgan fingerprint density at radius 3 is 2.74 bits per heavy atom. The SMILES string of the molecule is CN(Cc1cnn(-c2ccccc2)c1)C(=O)Cn1ncn2cccc2c1=O. The van der Waals surface area contributed by atoms with E-state index in [0.717, 1.165) is 11.3 Å². The van der Waals surface area contributed by atoms with Crippen molar-refractivity contribution in [3.05, 3.63) is 83.3 Å². The minimum Gasteiger partial charge on any atom is -0.340 e. The molecule has 3 aromatic heterocycles. The monoisotopic (exact) mass is 362 g/mol. The lowest BCUT2D eigenvalue weighted by Gasteiger charge is -2.16. The molecule has 0 spiro atoms. The first-order valence-electron chi connectivity index (χ1n) is 8.47. The van der Waals surface area contributed by atoms with E-state index in [4.69, 9.17) is 0 Å². The van der Waals surface area contributed by atoms with Crippen molar-refractivity contribution in [2.45, 2.75) is 13.1 Å². The lowest BCUT2D eigenvalue weighted by Crippen LogP contribution is -2.35. The number of fused-ring (bicyclic) bond motifs is 1. The third-order valence-electron chi connectivity index (χ3n) is 4.34. The minimum absolute atomic E-state index is 0.107. The number of likely N-dealkylation sites (N-methyl/N-ethyl adjacent to an activating group) is 1. The van der Waals surface area contributed by atoms with Crippen LogP contribution in [0.1, 0.15) is 5.56 Å². The van der Waals surface area contributed by atoms with E-state index in [1.54, 1.807) is 45.6 Å². The number of para-hydroxylation sites is 1. The highest BCUT2D eigenvalue weighted by Gasteiger charge is 2.14. The van der Waals surface area contributed by atoms with Crippen molar-refractivity contribution in [3.8, 4) is 5.69 Å². The largest absolute Gasteiger partial charge is 0.340 e. The molecule has 0 fully saturated rings. The number of rotatable bonds is 5. The molecule has 0 saturated heterocycles. The van der Waals surface area contributed by atoms with Gasteiger partial charge in [-0.25, -0.2) is 9.36 Å². The van der Waals surface area contributed by atoms with Gasteiger partial charge in [-0.2, -0.15) is 10.2 Å². The highest BCUT2D eigenvalue weighted by atomic mass is 16.2. The molecule has 0 radical (unpaired) electrons. The highest BCUT2D eigenvalue weighted by molar-refractivity contribution is 5.75. The van der Waals surface area contributed by atoms with E-state index in [1.165, 1.54) is 11.0 Å². The first-order chi connectivity index (χ1) is 13.1. The van der Waals surface area contributed by atoms with E-state index >= 15 is 0 Å². The molecule has 3 heterocycles. The lowest BCUT2D eigenvalue weighted by atomic mass is 10.3. The molecule has 8 heteroatoms. The van der Waals surface area contributed by atoms with Crippen LogP contribution < -0.4 is 5.56 Å². The summed E-state index contributed by atoms with van der Waals surface area (Å²) < 4.78 is 4.58. The number of aromatic nitrogens is 5. The topological polar surface area (TPSA) is 77.4 Å². The van der Waals surface area contributed by atoms with Crippen LogP contribution in [0.25, 0.3) is 11.2 Å². The lowest BCUT2D eigenvalue weighted by molar-refractivity contribution is -0.131. The van der Waals surface area contributed by atoms with Crippen LogP contribution in [-0.4, -0.2) is 41.8 Å². The average molecular weight is 362 g/mol. The molecule has 0 aliphatic heterocycles. The summed E-state index contributed by atoms with van der Waals surface area (Å²) in [5.41, 5.74) is 2.05. The predicted molar refractivity (Wildman–Crippen MR) is 99.5 cm³/mol. The van der Waals surface area contributed by atoms with Crippen LogP contribution in [0.2, 0.25) is 0 Å². The van der Waals surface area contributed by atoms with Crippen molar-refractivity contribution < 1.29 is 4.79 Å². The Kier molecular flexibility index (Phi) is 4.29. The van der Waals surface area contributed by atoms with Gasteiger partial charge in [-0.15, -0.1) is 0 Å². The summed E-state index contributed by atoms with van der Waals surface area (Å²) in [5.74, 6) is -0.201. The van der Waals surface area contributed by atoms with E-state index in [0.29, 0.717) is 12.1 Å². The van der Waals surface area contributed by atoms with Gasteiger partial charge in [0.25, 0.3) is 5.56 Å². The number of hydrogen-bond donors (Lipinski definition) is 0. The molecule has 1 aromatic carbocycles. The fraction of sp³-hybridized carbons (Fsp3) is 0.158. The summed E-state index contributed by atoms with van der Waals surface area (Å²) in [4.78, 5) is 26.4. The maximum absolute atomic E-state index is 12.5. The number of carbonyl (C=O) groups excluding carboxylic acids is 1. The molecule has 0 bridgehead atoms. The van der Waals surface area contributed by atoms with Crippen LogP contribution in [0.4, 0.5) is 0 Å². The quantitative estimate of drug-likeness (QED) is 0.537. The van der Waals surface area contributed by atoms with Crippen LogP contribution in [-0.2, 0) is 17.9 Å². The summed E-state index contributed by atoms with van der Waals surface area (Å²) in [6.07, 6.45) is 6.88. The zero-order valence-electron chi connectivity index (χ0n) is 14.8. The number of nitrogens with zero attached hydrogens (tertiary/aromatic N) is 6. The van der Waals surface area contributed by atoms with Crippen molar-refractivity contribution in [2.75, 3.05) is 7.05 Å². The second-order valence-electron chi connectivity index (χ2n) is 6.27. The fourth-order valence-corrected chi connectivity index (χ4v) is 2.87. The molecule has 0 aliphatic carbocycles. The first kappa shape index (κ1) is 16.8. The predicted octanol–water partition coefficient (Wildman–Crippen LogP) is 1.34. The van der Waals surface area contributed by atoms with Crippen molar-refractivity contribution in [2.24, 2.45) is 0 Å². The average Bonchev–Trinajstić information content (AvgIpc) is 3.34. The molecular weight excluding hydrogens is 344 g/mol. The van der Waals surface area contributed by atoms with Gasteiger partial charge < -0.3 is 9.30 Å². The summed E-state index contributed by atoms with van der Waals surface area (Å²) in [7, 11) is 1.70. The number of hydrogen-bond acceptors (Lipinski definition) is 4. The van der Waals surface area contributed by atoms with E-state index < -0.39 is 0 Å². The van der Waals surface area contributed by atoms with Crippen LogP contribution in [0.3, 0.4) is 0 Å². The van der Waals surface area contributed by atoms with Crippen molar-refractivity contribution in [3.63, 3.8) is 0 Å². The van der Waals surface area contributed by atoms with Gasteiger partial charge in [-0.05, 0) is 24.3 Å². The molecule has 0 unspecified atom stereocenters. The van der Waals surface area contributed by atoms with Crippen LogP contribution >= 0.6 is 0 Å². The normalized spacial score (nSPS) is 11.0. The van der Waals surface area contributed by atoms with Crippen molar-refractivity contribution in [1.82, 2.24) is 28.9 Å². The Labute approximate surface area is 154 Å². The zero-order chi connectivity index (χ0) is 18.8. The molecule has 1 amide bonds. The van der Waals surface area contributed by atoms with Crippen molar-refractivity contribution in [1.29, 1.82) is 0 Å². The zero-order valence-corrected chi connectivity index (χ0v) is 14.8. The second kappa shape index (κ2) is 6.91. The van der Waals surface area contributed by atoms with Gasteiger partial charge in [-0.1, -0.05) is 18.2 Å². The van der Waals surface area contributed by atoms with Gasteiger partial charge >= 0.3 is 0 Å². The first-order valence-corrected chi connectivity index (χ1v) is 8.47. The summed E-state index contributed by atoms with van der Waals surface area (Å²) >= 11 is 0. The summed E-state index contributed by atoms with van der Waals surface area (Å²) in [5, 5.41) is 8.39. The highest BCUT2D eigenvalue weighted by Crippen LogP contribution is 2.09. The van der Waals surface area contributed by atoms with Gasteiger partial charge in [0.2, 0.25) is 5.91 Å². The smallest absolute Gasteiger partial charge is 0.291 e. The van der Waals surface area contributed by atoms with Gasteiger partial charge in [0.15, 0.2) is 0 Å². The van der Waals surface area contributed by atoms with Gasteiger partial charge in [0.05, 0.1) is 11.9 Å². The number of benzene rings is 1. The molecular formula is C19H18N6O2. The molecule has 0 saturated carbocycles. The third-order valence-corrected chi connectivity index (χ3v) is 4.34. The fourth-order valence-electron chi connectivity index (χ4n) is 2.87. The van der Waals surface area contributed by atoms with Gasteiger partial charge in [0, 0.05) is 31.5 Å². The molecule has 8 nitrogen and oxygen atoms in total. The van der Waals surface area contributed by atoms with E-state index in [2.05, 4.69) is 10.2 Å². The maximum atomic E-state index is 12.5. The molecule has 4 rings (SSSR count).